The molecule has 7 heteroatoms. The molecule has 100 valence electrons. The minimum atomic E-state index is -0.603. The van der Waals surface area contributed by atoms with Crippen LogP contribution in [0, 0.1) is 5.82 Å². The van der Waals surface area contributed by atoms with Gasteiger partial charge in [0.05, 0.1) is 12.7 Å². The number of amides is 1. The van der Waals surface area contributed by atoms with Crippen LogP contribution in [0.3, 0.4) is 0 Å². The molecule has 0 unspecified atom stereocenters. The maximum Gasteiger partial charge on any atom is 0.242 e. The Morgan fingerprint density at radius 1 is 1.44 bits per heavy atom. The Balaban J connectivity index is 2.79. The highest BCUT2D eigenvalue weighted by Crippen LogP contribution is 2.15. The summed E-state index contributed by atoms with van der Waals surface area (Å²) in [7, 11) is 1.59. The van der Waals surface area contributed by atoms with E-state index in [1.165, 1.54) is 4.90 Å². The fourth-order valence-corrected chi connectivity index (χ4v) is 1.69. The fourth-order valence-electron chi connectivity index (χ4n) is 1.56. The molecule has 1 aromatic heterocycles. The third-order valence-electron chi connectivity index (χ3n) is 2.55. The van der Waals surface area contributed by atoms with E-state index in [9.17, 15) is 9.18 Å². The Hall–Kier alpha value is -1.43. The zero-order chi connectivity index (χ0) is 13.7. The molecule has 1 heterocycles. The van der Waals surface area contributed by atoms with E-state index in [4.69, 9.17) is 11.6 Å². The smallest absolute Gasteiger partial charge is 0.242 e. The lowest BCUT2D eigenvalue weighted by Gasteiger charge is -2.23. The topological polar surface area (TPSA) is 49.3 Å². The van der Waals surface area contributed by atoms with Crippen LogP contribution in [-0.4, -0.2) is 47.5 Å². The first kappa shape index (κ1) is 14.6. The van der Waals surface area contributed by atoms with Gasteiger partial charge in [-0.15, -0.1) is 0 Å². The number of hydrogen-bond acceptors (Lipinski definition) is 4. The van der Waals surface area contributed by atoms with Gasteiger partial charge in [0, 0.05) is 20.1 Å². The molecule has 0 saturated heterocycles. The van der Waals surface area contributed by atoms with E-state index in [2.05, 4.69) is 9.97 Å². The molecule has 1 rings (SSSR count). The summed E-state index contributed by atoms with van der Waals surface area (Å²) in [6.07, 6.45) is 0.989. The van der Waals surface area contributed by atoms with Crippen LogP contribution in [0.4, 0.5) is 10.2 Å². The van der Waals surface area contributed by atoms with Gasteiger partial charge in [-0.1, -0.05) is 0 Å². The first-order chi connectivity index (χ1) is 8.49. The van der Waals surface area contributed by atoms with E-state index >= 15 is 0 Å². The number of rotatable bonds is 5. The Bertz CT molecular complexity index is 426. The third kappa shape index (κ3) is 3.53. The van der Waals surface area contributed by atoms with Crippen LogP contribution in [0.15, 0.2) is 6.20 Å². The minimum Gasteiger partial charge on any atom is -0.348 e. The lowest BCUT2D eigenvalue weighted by Crippen LogP contribution is -2.39. The normalized spacial score (nSPS) is 10.3. The Kier molecular flexibility index (Phi) is 5.27. The van der Waals surface area contributed by atoms with Crippen molar-refractivity contribution in [2.24, 2.45) is 0 Å². The predicted molar refractivity (Wildman–Crippen MR) is 68.2 cm³/mol. The monoisotopic (exact) mass is 274 g/mol. The van der Waals surface area contributed by atoms with E-state index in [0.717, 1.165) is 6.20 Å². The van der Waals surface area contributed by atoms with E-state index < -0.39 is 5.82 Å². The number of halogens is 2. The molecule has 0 bridgehead atoms. The quantitative estimate of drug-likeness (QED) is 0.765. The second kappa shape index (κ2) is 6.49. The highest BCUT2D eigenvalue weighted by Gasteiger charge is 2.16. The summed E-state index contributed by atoms with van der Waals surface area (Å²) in [6, 6.07) is 0. The van der Waals surface area contributed by atoms with Gasteiger partial charge < -0.3 is 9.80 Å². The molecule has 0 fully saturated rings. The minimum absolute atomic E-state index is 0.0236. The van der Waals surface area contributed by atoms with Gasteiger partial charge in [-0.2, -0.15) is 4.98 Å². The van der Waals surface area contributed by atoms with Crippen molar-refractivity contribution in [2.75, 3.05) is 31.6 Å². The van der Waals surface area contributed by atoms with E-state index in [-0.39, 0.29) is 23.6 Å². The summed E-state index contributed by atoms with van der Waals surface area (Å²) in [4.78, 5) is 22.3. The van der Waals surface area contributed by atoms with E-state index in [0.29, 0.717) is 13.1 Å². The molecule has 0 N–H and O–H groups in total. The zero-order valence-electron chi connectivity index (χ0n) is 10.7. The van der Waals surface area contributed by atoms with Crippen molar-refractivity contribution >= 4 is 23.3 Å². The van der Waals surface area contributed by atoms with Gasteiger partial charge in [-0.3, -0.25) is 4.79 Å². The van der Waals surface area contributed by atoms with Crippen LogP contribution in [0.2, 0.25) is 5.28 Å². The van der Waals surface area contributed by atoms with Gasteiger partial charge in [0.2, 0.25) is 11.2 Å². The van der Waals surface area contributed by atoms with Gasteiger partial charge in [0.25, 0.3) is 0 Å². The average molecular weight is 275 g/mol. The SMILES string of the molecule is CCN(CC)C(=O)CN(C)c1nc(Cl)ncc1F. The fraction of sp³-hybridized carbons (Fsp3) is 0.545. The summed E-state index contributed by atoms with van der Waals surface area (Å²) in [6.45, 7) is 5.07. The van der Waals surface area contributed by atoms with E-state index in [1.807, 2.05) is 13.8 Å². The molecule has 0 aromatic carbocycles. The van der Waals surface area contributed by atoms with Crippen molar-refractivity contribution in [3.8, 4) is 0 Å². The van der Waals surface area contributed by atoms with Crippen molar-refractivity contribution in [3.63, 3.8) is 0 Å². The average Bonchev–Trinajstić information content (AvgIpc) is 2.33. The lowest BCUT2D eigenvalue weighted by atomic mass is 10.4. The molecular formula is C11H16ClFN4O. The molecule has 0 aliphatic heterocycles. The second-order valence-electron chi connectivity index (χ2n) is 3.73. The van der Waals surface area contributed by atoms with Crippen molar-refractivity contribution in [3.05, 3.63) is 17.3 Å². The largest absolute Gasteiger partial charge is 0.348 e. The van der Waals surface area contributed by atoms with Gasteiger partial charge in [-0.05, 0) is 25.4 Å². The molecule has 0 radical (unpaired) electrons. The number of likely N-dealkylation sites (N-methyl/N-ethyl adjacent to an activating group) is 2. The molecule has 0 aliphatic rings. The standard InChI is InChI=1S/C11H16ClFN4O/c1-4-17(5-2)9(18)7-16(3)10-8(13)6-14-11(12)15-10/h6H,4-5,7H2,1-3H3. The highest BCUT2D eigenvalue weighted by atomic mass is 35.5. The number of aromatic nitrogens is 2. The molecule has 18 heavy (non-hydrogen) atoms. The van der Waals surface area contributed by atoms with Crippen LogP contribution in [0.25, 0.3) is 0 Å². The van der Waals surface area contributed by atoms with Crippen LogP contribution in [0.5, 0.6) is 0 Å². The van der Waals surface area contributed by atoms with E-state index in [1.54, 1.807) is 11.9 Å². The third-order valence-corrected chi connectivity index (χ3v) is 2.73. The first-order valence-electron chi connectivity index (χ1n) is 5.66. The summed E-state index contributed by atoms with van der Waals surface area (Å²) in [5, 5.41) is -0.0476. The maximum absolute atomic E-state index is 13.5. The van der Waals surface area contributed by atoms with Gasteiger partial charge in [0.1, 0.15) is 0 Å². The zero-order valence-corrected chi connectivity index (χ0v) is 11.4. The molecular weight excluding hydrogens is 259 g/mol. The molecule has 0 spiro atoms. The first-order valence-corrected chi connectivity index (χ1v) is 6.04. The maximum atomic E-state index is 13.5. The van der Waals surface area contributed by atoms with Crippen LogP contribution < -0.4 is 4.90 Å². The predicted octanol–water partition coefficient (Wildman–Crippen LogP) is 1.57. The van der Waals surface area contributed by atoms with Crippen LogP contribution in [-0.2, 0) is 4.79 Å². The summed E-state index contributed by atoms with van der Waals surface area (Å²) in [5.74, 6) is -0.665. The Morgan fingerprint density at radius 3 is 2.61 bits per heavy atom. The van der Waals surface area contributed by atoms with Gasteiger partial charge >= 0.3 is 0 Å². The van der Waals surface area contributed by atoms with Crippen molar-refractivity contribution in [1.29, 1.82) is 0 Å². The van der Waals surface area contributed by atoms with Gasteiger partial charge in [0.15, 0.2) is 11.6 Å². The van der Waals surface area contributed by atoms with Crippen LogP contribution in [0.1, 0.15) is 13.8 Å². The van der Waals surface area contributed by atoms with Crippen molar-refractivity contribution in [1.82, 2.24) is 14.9 Å². The number of nitrogens with zero attached hydrogens (tertiary/aromatic N) is 4. The van der Waals surface area contributed by atoms with Crippen LogP contribution >= 0.6 is 11.6 Å². The number of hydrogen-bond donors (Lipinski definition) is 0. The summed E-state index contributed by atoms with van der Waals surface area (Å²) in [5.41, 5.74) is 0. The summed E-state index contributed by atoms with van der Waals surface area (Å²) < 4.78 is 13.5. The number of carbonyl (C=O) groups excluding carboxylic acids is 1. The lowest BCUT2D eigenvalue weighted by molar-refractivity contribution is -0.129. The summed E-state index contributed by atoms with van der Waals surface area (Å²) >= 11 is 5.60. The second-order valence-corrected chi connectivity index (χ2v) is 4.07. The molecule has 5 nitrogen and oxygen atoms in total. The van der Waals surface area contributed by atoms with Gasteiger partial charge in [-0.25, -0.2) is 9.37 Å². The molecule has 0 atom stereocenters. The Morgan fingerprint density at radius 2 is 2.06 bits per heavy atom. The molecule has 1 aromatic rings. The molecule has 0 saturated carbocycles. The molecule has 0 aliphatic carbocycles. The van der Waals surface area contributed by atoms with Crippen molar-refractivity contribution in [2.45, 2.75) is 13.8 Å². The molecule has 1 amide bonds. The number of anilines is 1. The Labute approximate surface area is 111 Å². The highest BCUT2D eigenvalue weighted by molar-refractivity contribution is 6.28. The van der Waals surface area contributed by atoms with Crippen molar-refractivity contribution < 1.29 is 9.18 Å². The number of carbonyl (C=O) groups is 1.